The van der Waals surface area contributed by atoms with E-state index in [1.807, 2.05) is 24.3 Å². The van der Waals surface area contributed by atoms with Crippen LogP contribution < -0.4 is 47.9 Å². The fraction of sp³-hybridized carbons (Fsp3) is 0.479. The highest BCUT2D eigenvalue weighted by molar-refractivity contribution is 5.97. The van der Waals surface area contributed by atoms with Crippen LogP contribution in [0.2, 0.25) is 0 Å². The molecule has 0 fully saturated rings. The van der Waals surface area contributed by atoms with Gasteiger partial charge in [0.2, 0.25) is 53.2 Å². The number of aromatic nitrogens is 1. The minimum atomic E-state index is -1.63. The van der Waals surface area contributed by atoms with Crippen molar-refractivity contribution in [2.45, 2.75) is 121 Å². The third kappa shape index (κ3) is 21.0. The second kappa shape index (κ2) is 30.7. The minimum Gasteiger partial charge on any atom is -0.481 e. The summed E-state index contributed by atoms with van der Waals surface area (Å²) < 4.78 is 0. The summed E-state index contributed by atoms with van der Waals surface area (Å²) in [5.41, 5.74) is 2.24. The number of hydrogen-bond donors (Lipinski definition) is 13. The quantitative estimate of drug-likeness (QED) is 0.0319. The lowest BCUT2D eigenvalue weighted by atomic mass is 10.0. The molecular weight excluding hydrogens is 941 g/mol. The molecule has 24 heteroatoms. The number of aliphatic carboxylic acids is 2. The van der Waals surface area contributed by atoms with Gasteiger partial charge in [-0.25, -0.2) is 4.79 Å². The van der Waals surface area contributed by atoms with Crippen molar-refractivity contribution in [3.8, 4) is 0 Å². The fourth-order valence-electron chi connectivity index (χ4n) is 7.06. The molecule has 0 bridgehead atoms. The maximum Gasteiger partial charge on any atom is 0.326 e. The van der Waals surface area contributed by atoms with Crippen molar-refractivity contribution in [1.82, 2.24) is 52.8 Å². The van der Waals surface area contributed by atoms with E-state index in [4.69, 9.17) is 5.11 Å². The van der Waals surface area contributed by atoms with Gasteiger partial charge in [0.25, 0.3) is 0 Å². The highest BCUT2D eigenvalue weighted by Gasteiger charge is 2.30. The second-order valence-electron chi connectivity index (χ2n) is 17.0. The standard InChI is InChI=1S/C48H66N10O14/c1-4-5-6-7-11-18-38(60)56-36(22-31-23-49-33-17-13-12-16-32(31)33)47(70)53-28(2)43(66)51-24-39(61)50-25-40(62)57-35(21-30-14-9-8-10-15-30)46(69)54-29(3)44(67)58-37(27-59)45(68)52-26-41(63)55-34(48(71)72)19-20-42(64)65/h8-10,12-17,23,28-29,34-37,49,59H,4-7,11,18-22,24-27H2,1-3H3,(H,50,61)(H,51,66)(H,52,68)(H,53,70)(H,54,69)(H,55,63)(H,56,60)(H,57,62)(H,58,67)(H,64,65)(H,71,72)/t28-,29-,34-,35-,36-,37-/m0/s1. The maximum atomic E-state index is 13.6. The molecule has 2 aromatic carbocycles. The van der Waals surface area contributed by atoms with E-state index in [9.17, 15) is 63.0 Å². The summed E-state index contributed by atoms with van der Waals surface area (Å²) in [7, 11) is 0. The summed E-state index contributed by atoms with van der Waals surface area (Å²) in [5, 5.41) is 50.2. The van der Waals surface area contributed by atoms with E-state index in [1.165, 1.54) is 13.8 Å². The van der Waals surface area contributed by atoms with Crippen LogP contribution in [0.4, 0.5) is 0 Å². The van der Waals surface area contributed by atoms with Gasteiger partial charge in [-0.3, -0.25) is 47.9 Å². The first-order valence-corrected chi connectivity index (χ1v) is 23.6. The highest BCUT2D eigenvalue weighted by atomic mass is 16.4. The van der Waals surface area contributed by atoms with Crippen LogP contribution in [0.5, 0.6) is 0 Å². The molecule has 3 rings (SSSR count). The number of H-pyrrole nitrogens is 1. The Morgan fingerprint density at radius 3 is 1.72 bits per heavy atom. The third-order valence-corrected chi connectivity index (χ3v) is 11.1. The van der Waals surface area contributed by atoms with Gasteiger partial charge < -0.3 is 68.2 Å². The summed E-state index contributed by atoms with van der Waals surface area (Å²) in [6, 6.07) is 7.91. The predicted octanol–water partition coefficient (Wildman–Crippen LogP) is -1.45. The number of fused-ring (bicyclic) bond motifs is 1. The Hall–Kier alpha value is -7.89. The number of carboxylic acids is 2. The van der Waals surface area contributed by atoms with Crippen LogP contribution in [0.15, 0.2) is 60.8 Å². The molecule has 0 unspecified atom stereocenters. The molecule has 3 aromatic rings. The molecule has 0 radical (unpaired) electrons. The van der Waals surface area contributed by atoms with Gasteiger partial charge in [0.15, 0.2) is 0 Å². The molecule has 6 atom stereocenters. The molecule has 0 aliphatic heterocycles. The molecule has 24 nitrogen and oxygen atoms in total. The number of carbonyl (C=O) groups excluding carboxylic acids is 9. The Bertz CT molecular complexity index is 2360. The predicted molar refractivity (Wildman–Crippen MR) is 259 cm³/mol. The Morgan fingerprint density at radius 2 is 1.08 bits per heavy atom. The summed E-state index contributed by atoms with van der Waals surface area (Å²) in [5.74, 6) is -9.93. The van der Waals surface area contributed by atoms with Crippen molar-refractivity contribution >= 4 is 76.0 Å². The zero-order valence-electron chi connectivity index (χ0n) is 40.5. The lowest BCUT2D eigenvalue weighted by Gasteiger charge is -2.23. The third-order valence-electron chi connectivity index (χ3n) is 11.1. The Labute approximate surface area is 415 Å². The maximum absolute atomic E-state index is 13.6. The summed E-state index contributed by atoms with van der Waals surface area (Å²) in [4.78, 5) is 142. The van der Waals surface area contributed by atoms with E-state index in [0.717, 1.165) is 42.1 Å². The Morgan fingerprint density at radius 1 is 0.528 bits per heavy atom. The lowest BCUT2D eigenvalue weighted by molar-refractivity contribution is -0.143. The number of amides is 9. The number of aliphatic hydroxyl groups excluding tert-OH is 1. The van der Waals surface area contributed by atoms with Crippen LogP contribution in [0.25, 0.3) is 10.9 Å². The molecule has 0 aliphatic carbocycles. The van der Waals surface area contributed by atoms with E-state index in [1.54, 1.807) is 36.5 Å². The van der Waals surface area contributed by atoms with Gasteiger partial charge >= 0.3 is 11.9 Å². The second-order valence-corrected chi connectivity index (χ2v) is 17.0. The van der Waals surface area contributed by atoms with Crippen LogP contribution >= 0.6 is 0 Å². The number of aliphatic hydroxyl groups is 1. The molecular formula is C48H66N10O14. The molecule has 9 amide bonds. The smallest absolute Gasteiger partial charge is 0.326 e. The summed E-state index contributed by atoms with van der Waals surface area (Å²) in [6.45, 7) is 1.75. The van der Waals surface area contributed by atoms with E-state index < -0.39 is 135 Å². The van der Waals surface area contributed by atoms with Crippen molar-refractivity contribution < 1.29 is 68.1 Å². The monoisotopic (exact) mass is 1010 g/mol. The largest absolute Gasteiger partial charge is 0.481 e. The van der Waals surface area contributed by atoms with Crippen LogP contribution in [0.1, 0.15) is 83.3 Å². The first kappa shape index (κ1) is 58.4. The molecule has 1 aromatic heterocycles. The molecule has 0 saturated carbocycles. The molecule has 392 valence electrons. The van der Waals surface area contributed by atoms with Gasteiger partial charge in [-0.1, -0.05) is 81.1 Å². The van der Waals surface area contributed by atoms with Crippen molar-refractivity contribution in [2.24, 2.45) is 0 Å². The van der Waals surface area contributed by atoms with Gasteiger partial charge in [-0.2, -0.15) is 0 Å². The van der Waals surface area contributed by atoms with Crippen molar-refractivity contribution in [3.05, 3.63) is 71.9 Å². The van der Waals surface area contributed by atoms with Crippen molar-refractivity contribution in [1.29, 1.82) is 0 Å². The topological polar surface area (TPSA) is 373 Å². The number of nitrogens with one attached hydrogen (secondary N) is 10. The number of carbonyl (C=O) groups is 11. The normalized spacial score (nSPS) is 13.3. The van der Waals surface area contributed by atoms with Gasteiger partial charge in [-0.15, -0.1) is 0 Å². The fourth-order valence-corrected chi connectivity index (χ4v) is 7.06. The van der Waals surface area contributed by atoms with Gasteiger partial charge in [0, 0.05) is 42.8 Å². The summed E-state index contributed by atoms with van der Waals surface area (Å²) in [6.07, 6.45) is 5.72. The van der Waals surface area contributed by atoms with Crippen LogP contribution in [-0.2, 0) is 65.6 Å². The first-order chi connectivity index (χ1) is 34.3. The molecule has 72 heavy (non-hydrogen) atoms. The highest BCUT2D eigenvalue weighted by Crippen LogP contribution is 2.19. The lowest BCUT2D eigenvalue weighted by Crippen LogP contribution is -2.58. The molecule has 0 aliphatic rings. The first-order valence-electron chi connectivity index (χ1n) is 23.6. The molecule has 0 spiro atoms. The van der Waals surface area contributed by atoms with Gasteiger partial charge in [-0.05, 0) is 43.9 Å². The average Bonchev–Trinajstić information content (AvgIpc) is 3.76. The Kier molecular flexibility index (Phi) is 24.9. The van der Waals surface area contributed by atoms with E-state index in [0.29, 0.717) is 12.0 Å². The molecule has 0 saturated heterocycles. The van der Waals surface area contributed by atoms with Gasteiger partial charge in [0.1, 0.15) is 36.3 Å². The van der Waals surface area contributed by atoms with E-state index >= 15 is 0 Å². The average molecular weight is 1010 g/mol. The molecule has 1 heterocycles. The number of carboxylic acid groups (broad SMARTS) is 2. The van der Waals surface area contributed by atoms with Crippen LogP contribution in [-0.4, -0.2) is 148 Å². The number of benzene rings is 2. The zero-order chi connectivity index (χ0) is 53.2. The van der Waals surface area contributed by atoms with Crippen molar-refractivity contribution in [3.63, 3.8) is 0 Å². The minimum absolute atomic E-state index is 0.0749. The SMILES string of the molecule is CCCCCCCC(=O)N[C@@H](Cc1c[nH]c2ccccc12)C(=O)N[C@@H](C)C(=O)NCC(=O)NCC(=O)N[C@@H](Cc1ccccc1)C(=O)N[C@@H](C)C(=O)N[C@@H](CO)C(=O)NCC(=O)N[C@@H](CCC(=O)O)C(=O)O. The zero-order valence-corrected chi connectivity index (χ0v) is 40.5. The van der Waals surface area contributed by atoms with Gasteiger partial charge in [0.05, 0.1) is 26.2 Å². The van der Waals surface area contributed by atoms with Crippen LogP contribution in [0.3, 0.4) is 0 Å². The Balaban J connectivity index is 1.53. The van der Waals surface area contributed by atoms with E-state index in [-0.39, 0.29) is 25.2 Å². The van der Waals surface area contributed by atoms with Crippen molar-refractivity contribution in [2.75, 3.05) is 26.2 Å². The van der Waals surface area contributed by atoms with E-state index in [2.05, 4.69) is 59.8 Å². The number of unbranched alkanes of at least 4 members (excludes halogenated alkanes) is 4. The summed E-state index contributed by atoms with van der Waals surface area (Å²) >= 11 is 0. The number of para-hydroxylation sites is 1. The number of aromatic amines is 1. The number of rotatable bonds is 32. The number of hydrogen-bond acceptors (Lipinski definition) is 12. The van der Waals surface area contributed by atoms with Crippen LogP contribution in [0, 0.1) is 0 Å². The molecule has 13 N–H and O–H groups in total.